The Morgan fingerprint density at radius 1 is 1.27 bits per heavy atom. The van der Waals surface area contributed by atoms with E-state index in [4.69, 9.17) is 0 Å². The van der Waals surface area contributed by atoms with Crippen LogP contribution in [0.15, 0.2) is 40.2 Å². The molecule has 1 aromatic carbocycles. The highest BCUT2D eigenvalue weighted by Gasteiger charge is 2.13. The number of anilines is 1. The molecule has 0 fully saturated rings. The van der Waals surface area contributed by atoms with E-state index in [9.17, 15) is 9.59 Å². The summed E-state index contributed by atoms with van der Waals surface area (Å²) in [5.41, 5.74) is 3.26. The minimum absolute atomic E-state index is 0.00643. The van der Waals surface area contributed by atoms with Crippen LogP contribution in [-0.4, -0.2) is 43.4 Å². The fourth-order valence-corrected chi connectivity index (χ4v) is 2.75. The summed E-state index contributed by atoms with van der Waals surface area (Å²) in [6, 6.07) is 7.46. The molecule has 3 aromatic rings. The van der Waals surface area contributed by atoms with Crippen molar-refractivity contribution < 1.29 is 9.59 Å². The van der Waals surface area contributed by atoms with Crippen molar-refractivity contribution in [3.05, 3.63) is 51.5 Å². The van der Waals surface area contributed by atoms with E-state index in [0.717, 1.165) is 21.4 Å². The van der Waals surface area contributed by atoms with Gasteiger partial charge in [-0.25, -0.2) is 10.4 Å². The highest BCUT2D eigenvalue weighted by Crippen LogP contribution is 2.16. The van der Waals surface area contributed by atoms with Gasteiger partial charge in [-0.2, -0.15) is 10.2 Å². The number of benzene rings is 1. The molecule has 0 bridgehead atoms. The molecule has 12 heteroatoms. The van der Waals surface area contributed by atoms with Crippen LogP contribution in [-0.2, 0) is 11.2 Å². The van der Waals surface area contributed by atoms with E-state index < -0.39 is 5.91 Å². The van der Waals surface area contributed by atoms with Gasteiger partial charge >= 0.3 is 0 Å². The predicted octanol–water partition coefficient (Wildman–Crippen LogP) is 1.36. The molecular weight excluding hydrogens is 424 g/mol. The first-order valence-corrected chi connectivity index (χ1v) is 8.77. The Bertz CT molecular complexity index is 923. The Hall–Kier alpha value is -2.99. The van der Waals surface area contributed by atoms with Crippen LogP contribution in [0.5, 0.6) is 0 Å². The van der Waals surface area contributed by atoms with Crippen molar-refractivity contribution in [1.82, 2.24) is 30.8 Å². The highest BCUT2D eigenvalue weighted by molar-refractivity contribution is 9.10. The summed E-state index contributed by atoms with van der Waals surface area (Å²) in [7, 11) is 0. The van der Waals surface area contributed by atoms with Crippen molar-refractivity contribution in [3.8, 4) is 0 Å². The number of rotatable bonds is 6. The molecule has 10 nitrogen and oxygen atoms in total. The molecule has 2 aromatic heterocycles. The minimum atomic E-state index is -0.492. The van der Waals surface area contributed by atoms with Crippen molar-refractivity contribution in [3.63, 3.8) is 0 Å². The van der Waals surface area contributed by atoms with Crippen LogP contribution in [0.25, 0.3) is 0 Å². The summed E-state index contributed by atoms with van der Waals surface area (Å²) in [4.78, 5) is 27.4. The number of hydrogen-bond donors (Lipinski definition) is 3. The zero-order valence-electron chi connectivity index (χ0n) is 13.0. The van der Waals surface area contributed by atoms with Gasteiger partial charge in [-0.15, -0.1) is 10.2 Å². The lowest BCUT2D eigenvalue weighted by molar-refractivity contribution is -0.120. The summed E-state index contributed by atoms with van der Waals surface area (Å²) in [6.45, 7) is 0. The molecule has 0 radical (unpaired) electrons. The largest absolute Gasteiger partial charge is 0.294 e. The van der Waals surface area contributed by atoms with Gasteiger partial charge in [0.05, 0.1) is 12.6 Å². The smallest absolute Gasteiger partial charge is 0.294 e. The fourth-order valence-electron chi connectivity index (χ4n) is 1.75. The van der Waals surface area contributed by atoms with Gasteiger partial charge in [0.25, 0.3) is 5.91 Å². The summed E-state index contributed by atoms with van der Waals surface area (Å²) in [5, 5.41) is 20.8. The molecule has 0 aliphatic carbocycles. The number of nitrogens with one attached hydrogen (secondary N) is 3. The van der Waals surface area contributed by atoms with E-state index >= 15 is 0 Å². The lowest BCUT2D eigenvalue weighted by atomic mass is 10.2. The highest BCUT2D eigenvalue weighted by atomic mass is 79.9. The van der Waals surface area contributed by atoms with Crippen molar-refractivity contribution in [2.75, 3.05) is 5.32 Å². The summed E-state index contributed by atoms with van der Waals surface area (Å²) in [5.74, 6) is -0.779. The number of hydrogen-bond acceptors (Lipinski definition) is 8. The van der Waals surface area contributed by atoms with Crippen molar-refractivity contribution in [2.24, 2.45) is 5.10 Å². The number of nitrogens with zero attached hydrogens (tertiary/aromatic N) is 5. The van der Waals surface area contributed by atoms with Gasteiger partial charge < -0.3 is 0 Å². The summed E-state index contributed by atoms with van der Waals surface area (Å²) in [6.07, 6.45) is 2.75. The average molecular weight is 435 g/mol. The van der Waals surface area contributed by atoms with E-state index in [0.29, 0.717) is 5.01 Å². The number of halogens is 1. The first-order valence-electron chi connectivity index (χ1n) is 7.17. The predicted molar refractivity (Wildman–Crippen MR) is 97.8 cm³/mol. The minimum Gasteiger partial charge on any atom is -0.294 e. The molecule has 3 N–H and O–H groups in total. The fraction of sp³-hybridized carbons (Fsp3) is 0.0714. The van der Waals surface area contributed by atoms with Gasteiger partial charge in [-0.3, -0.25) is 20.0 Å². The first-order chi connectivity index (χ1) is 12.6. The molecule has 0 aliphatic rings. The van der Waals surface area contributed by atoms with Crippen LogP contribution in [0, 0.1) is 0 Å². The monoisotopic (exact) mass is 434 g/mol. The van der Waals surface area contributed by atoms with Gasteiger partial charge in [0.2, 0.25) is 16.9 Å². The number of carbonyl (C=O) groups is 2. The molecule has 0 aliphatic heterocycles. The van der Waals surface area contributed by atoms with E-state index in [-0.39, 0.29) is 23.3 Å². The van der Waals surface area contributed by atoms with Crippen LogP contribution in [0.2, 0.25) is 0 Å². The SMILES string of the molecule is O=C(Cc1nnc(NC(=O)c2ncn[nH]2)s1)N/N=C\c1ccc(Br)cc1. The van der Waals surface area contributed by atoms with Gasteiger partial charge in [-0.1, -0.05) is 39.4 Å². The molecule has 2 amide bonds. The Morgan fingerprint density at radius 2 is 2.08 bits per heavy atom. The second-order valence-corrected chi connectivity index (χ2v) is 6.79. The third-order valence-electron chi connectivity index (χ3n) is 2.90. The topological polar surface area (TPSA) is 138 Å². The zero-order chi connectivity index (χ0) is 18.4. The van der Waals surface area contributed by atoms with Gasteiger partial charge in [-0.05, 0) is 17.7 Å². The maximum atomic E-state index is 11.9. The molecule has 2 heterocycles. The average Bonchev–Trinajstić information content (AvgIpc) is 3.29. The van der Waals surface area contributed by atoms with E-state index in [1.165, 1.54) is 12.5 Å². The molecule has 0 saturated carbocycles. The van der Waals surface area contributed by atoms with Crippen molar-refractivity contribution >= 4 is 50.4 Å². The Morgan fingerprint density at radius 3 is 2.81 bits per heavy atom. The normalized spacial score (nSPS) is 10.8. The summed E-state index contributed by atoms with van der Waals surface area (Å²) >= 11 is 4.43. The number of H-pyrrole nitrogens is 1. The maximum Gasteiger partial charge on any atom is 0.294 e. The van der Waals surface area contributed by atoms with Crippen LogP contribution >= 0.6 is 27.3 Å². The Kier molecular flexibility index (Phi) is 5.76. The Balaban J connectivity index is 1.49. The van der Waals surface area contributed by atoms with Crippen LogP contribution in [0.1, 0.15) is 21.2 Å². The van der Waals surface area contributed by atoms with Crippen LogP contribution in [0.3, 0.4) is 0 Å². The van der Waals surface area contributed by atoms with Gasteiger partial charge in [0.15, 0.2) is 0 Å². The second-order valence-electron chi connectivity index (χ2n) is 4.81. The second kappa shape index (κ2) is 8.40. The van der Waals surface area contributed by atoms with Crippen molar-refractivity contribution in [1.29, 1.82) is 0 Å². The number of hydrazone groups is 1. The quantitative estimate of drug-likeness (QED) is 0.395. The molecule has 0 spiro atoms. The van der Waals surface area contributed by atoms with E-state index in [1.807, 2.05) is 24.3 Å². The third-order valence-corrected chi connectivity index (χ3v) is 4.27. The number of carbonyl (C=O) groups excluding carboxylic acids is 2. The molecular formula is C14H11BrN8O2S. The molecule has 0 saturated heterocycles. The lowest BCUT2D eigenvalue weighted by Crippen LogP contribution is -2.19. The Labute approximate surface area is 159 Å². The number of amides is 2. The van der Waals surface area contributed by atoms with Gasteiger partial charge in [0.1, 0.15) is 11.3 Å². The maximum absolute atomic E-state index is 11.9. The van der Waals surface area contributed by atoms with Crippen LogP contribution < -0.4 is 10.7 Å². The van der Waals surface area contributed by atoms with Gasteiger partial charge in [0, 0.05) is 4.47 Å². The van der Waals surface area contributed by atoms with E-state index in [1.54, 1.807) is 0 Å². The van der Waals surface area contributed by atoms with Crippen molar-refractivity contribution in [2.45, 2.75) is 6.42 Å². The lowest BCUT2D eigenvalue weighted by Gasteiger charge is -1.97. The zero-order valence-corrected chi connectivity index (χ0v) is 15.4. The molecule has 26 heavy (non-hydrogen) atoms. The first kappa shape index (κ1) is 17.8. The standard InChI is InChI=1S/C14H11BrN8O2S/c15-9-3-1-8(2-4-9)6-17-20-10(24)5-11-21-23-14(26-11)19-13(25)12-16-7-18-22-12/h1-4,6-7H,5H2,(H,20,24)(H,16,18,22)(H,19,23,25)/b17-6-. The molecule has 3 rings (SSSR count). The molecule has 0 unspecified atom stereocenters. The molecule has 0 atom stereocenters. The number of aromatic amines is 1. The number of aromatic nitrogens is 5. The third kappa shape index (κ3) is 5.00. The van der Waals surface area contributed by atoms with Crippen LogP contribution in [0.4, 0.5) is 5.13 Å². The summed E-state index contributed by atoms with van der Waals surface area (Å²) < 4.78 is 0.959. The van der Waals surface area contributed by atoms with E-state index in [2.05, 4.69) is 57.2 Å². The molecule has 132 valence electrons.